The maximum atomic E-state index is 10.7. The molecule has 8 heteroatoms. The molecule has 0 fully saturated rings. The summed E-state index contributed by atoms with van der Waals surface area (Å²) in [5, 5.41) is 21.1. The second-order valence-electron chi connectivity index (χ2n) is 2.66. The van der Waals surface area contributed by atoms with Crippen molar-refractivity contribution >= 4 is 17.3 Å². The molecule has 8 nitrogen and oxygen atoms in total. The van der Waals surface area contributed by atoms with Gasteiger partial charge in [0.25, 0.3) is 5.75 Å². The molecule has 0 N–H and O–H groups in total. The van der Waals surface area contributed by atoms with E-state index < -0.39 is 32.9 Å². The van der Waals surface area contributed by atoms with Gasteiger partial charge in [-0.15, -0.1) is 0 Å². The zero-order chi connectivity index (χ0) is 12.3. The van der Waals surface area contributed by atoms with Crippen molar-refractivity contribution in [2.75, 3.05) is 0 Å². The Hall–Kier alpha value is -2.51. The van der Waals surface area contributed by atoms with Gasteiger partial charge in [0.05, 0.1) is 9.85 Å². The van der Waals surface area contributed by atoms with Gasteiger partial charge < -0.3 is 4.74 Å². The minimum absolute atomic E-state index is 0.676. The predicted octanol–water partition coefficient (Wildman–Crippen LogP) is 1.23. The number of rotatable bonds is 3. The molecule has 83 valence electrons. The van der Waals surface area contributed by atoms with Gasteiger partial charge in [-0.25, -0.2) is 0 Å². The number of nitro groups is 2. The monoisotopic (exact) mass is 225 g/mol. The summed E-state index contributed by atoms with van der Waals surface area (Å²) in [7, 11) is 0. The summed E-state index contributed by atoms with van der Waals surface area (Å²) >= 11 is 0. The van der Waals surface area contributed by atoms with Crippen LogP contribution in [0, 0.1) is 26.3 Å². The number of hydrogen-bond acceptors (Lipinski definition) is 6. The second-order valence-corrected chi connectivity index (χ2v) is 2.66. The fourth-order valence-electron chi connectivity index (χ4n) is 0.981. The van der Waals surface area contributed by atoms with E-state index in [1.54, 1.807) is 0 Å². The molecule has 1 radical (unpaired) electrons. The molecule has 0 saturated heterocycles. The number of ether oxygens (including phenoxy) is 1. The molecular formula is C8H5N2O6. The van der Waals surface area contributed by atoms with Crippen LogP contribution < -0.4 is 4.74 Å². The van der Waals surface area contributed by atoms with Crippen LogP contribution in [0.25, 0.3) is 0 Å². The van der Waals surface area contributed by atoms with E-state index in [1.165, 1.54) is 0 Å². The van der Waals surface area contributed by atoms with Gasteiger partial charge in [-0.05, 0) is 6.07 Å². The van der Waals surface area contributed by atoms with Gasteiger partial charge in [-0.1, -0.05) is 0 Å². The standard InChI is InChI=1S/C8H5N2O6/c1-5(11)16-8-6(9(12)13)3-2-4-7(8)10(14)15/h3-4H,1H3. The third-order valence-corrected chi connectivity index (χ3v) is 1.54. The molecule has 1 aromatic carbocycles. The zero-order valence-electron chi connectivity index (χ0n) is 8.00. The lowest BCUT2D eigenvalue weighted by atomic mass is 10.2. The SMILES string of the molecule is CC(=O)Oc1c([N+](=O)[O-])c[c]cc1[N+](=O)[O-]. The Bertz CT molecular complexity index is 437. The maximum absolute atomic E-state index is 10.7. The third kappa shape index (κ3) is 2.29. The van der Waals surface area contributed by atoms with Crippen molar-refractivity contribution in [2.24, 2.45) is 0 Å². The van der Waals surface area contributed by atoms with Crippen molar-refractivity contribution in [3.63, 3.8) is 0 Å². The average Bonchev–Trinajstić information content (AvgIpc) is 2.16. The molecule has 16 heavy (non-hydrogen) atoms. The van der Waals surface area contributed by atoms with E-state index in [2.05, 4.69) is 10.8 Å². The molecule has 0 aliphatic heterocycles. The minimum Gasteiger partial charge on any atom is -0.412 e. The summed E-state index contributed by atoms with van der Waals surface area (Å²) in [5.41, 5.74) is -1.35. The normalized spacial score (nSPS) is 9.56. The molecule has 0 bridgehead atoms. The molecule has 1 rings (SSSR count). The summed E-state index contributed by atoms with van der Waals surface area (Å²) < 4.78 is 4.46. The van der Waals surface area contributed by atoms with Gasteiger partial charge in [-0.2, -0.15) is 0 Å². The Morgan fingerprint density at radius 1 is 1.25 bits per heavy atom. The van der Waals surface area contributed by atoms with E-state index >= 15 is 0 Å². The molecule has 1 aromatic rings. The summed E-state index contributed by atoms with van der Waals surface area (Å²) in [4.78, 5) is 30.0. The molecule has 0 unspecified atom stereocenters. The lowest BCUT2D eigenvalue weighted by Gasteiger charge is -2.02. The number of hydrogen-bond donors (Lipinski definition) is 0. The Morgan fingerprint density at radius 3 is 2.00 bits per heavy atom. The van der Waals surface area contributed by atoms with Gasteiger partial charge in [-0.3, -0.25) is 25.0 Å². The van der Waals surface area contributed by atoms with E-state index in [9.17, 15) is 25.0 Å². The van der Waals surface area contributed by atoms with Gasteiger partial charge >= 0.3 is 17.3 Å². The predicted molar refractivity (Wildman–Crippen MR) is 49.9 cm³/mol. The van der Waals surface area contributed by atoms with Crippen LogP contribution in [-0.2, 0) is 4.79 Å². The first-order valence-corrected chi connectivity index (χ1v) is 3.94. The first-order valence-electron chi connectivity index (χ1n) is 3.94. The number of carbonyl (C=O) groups excluding carboxylic acids is 1. The number of nitro benzene ring substituents is 2. The first-order chi connectivity index (χ1) is 7.43. The van der Waals surface area contributed by atoms with E-state index in [1.807, 2.05) is 0 Å². The summed E-state index contributed by atoms with van der Waals surface area (Å²) in [5.74, 6) is -1.56. The van der Waals surface area contributed by atoms with Crippen molar-refractivity contribution < 1.29 is 19.4 Å². The first kappa shape index (κ1) is 11.6. The second kappa shape index (κ2) is 4.34. The number of carbonyl (C=O) groups is 1. The van der Waals surface area contributed by atoms with Gasteiger partial charge in [0.1, 0.15) is 0 Å². The van der Waals surface area contributed by atoms with E-state index in [-0.39, 0.29) is 0 Å². The largest absolute Gasteiger partial charge is 0.412 e. The van der Waals surface area contributed by atoms with Gasteiger partial charge in [0.15, 0.2) is 0 Å². The smallest absolute Gasteiger partial charge is 0.319 e. The summed E-state index contributed by atoms with van der Waals surface area (Å²) in [6, 6.07) is 4.02. The lowest BCUT2D eigenvalue weighted by Crippen LogP contribution is -2.06. The van der Waals surface area contributed by atoms with Crippen LogP contribution in [0.2, 0.25) is 0 Å². The van der Waals surface area contributed by atoms with Crippen molar-refractivity contribution in [2.45, 2.75) is 6.92 Å². The molecule has 0 saturated carbocycles. The highest BCUT2D eigenvalue weighted by Gasteiger charge is 2.27. The van der Waals surface area contributed by atoms with Crippen molar-refractivity contribution in [3.8, 4) is 5.75 Å². The maximum Gasteiger partial charge on any atom is 0.319 e. The lowest BCUT2D eigenvalue weighted by molar-refractivity contribution is -0.395. The number of esters is 1. The van der Waals surface area contributed by atoms with E-state index in [4.69, 9.17) is 0 Å². The van der Waals surface area contributed by atoms with Crippen molar-refractivity contribution in [1.29, 1.82) is 0 Å². The highest BCUT2D eigenvalue weighted by Crippen LogP contribution is 2.35. The number of nitrogens with zero attached hydrogens (tertiary/aromatic N) is 2. The Morgan fingerprint density at radius 2 is 1.69 bits per heavy atom. The molecule has 0 atom stereocenters. The zero-order valence-corrected chi connectivity index (χ0v) is 8.00. The van der Waals surface area contributed by atoms with Crippen LogP contribution in [0.3, 0.4) is 0 Å². The number of benzene rings is 1. The van der Waals surface area contributed by atoms with Crippen LogP contribution in [0.1, 0.15) is 6.92 Å². The van der Waals surface area contributed by atoms with Crippen molar-refractivity contribution in [3.05, 3.63) is 38.4 Å². The van der Waals surface area contributed by atoms with E-state index in [0.29, 0.717) is 0 Å². The third-order valence-electron chi connectivity index (χ3n) is 1.54. The summed E-state index contributed by atoms with van der Waals surface area (Å²) in [6.45, 7) is 0.990. The quantitative estimate of drug-likeness (QED) is 0.331. The molecule has 0 heterocycles. The highest BCUT2D eigenvalue weighted by atomic mass is 16.6. The molecular weight excluding hydrogens is 220 g/mol. The molecule has 0 aliphatic rings. The molecule has 0 amide bonds. The van der Waals surface area contributed by atoms with Crippen LogP contribution >= 0.6 is 0 Å². The van der Waals surface area contributed by atoms with Gasteiger partial charge in [0, 0.05) is 19.1 Å². The van der Waals surface area contributed by atoms with E-state index in [0.717, 1.165) is 19.1 Å². The Kier molecular flexibility index (Phi) is 3.14. The van der Waals surface area contributed by atoms with Crippen LogP contribution in [0.15, 0.2) is 12.1 Å². The van der Waals surface area contributed by atoms with Crippen LogP contribution in [0.5, 0.6) is 5.75 Å². The molecule has 0 spiro atoms. The Balaban J connectivity index is 3.40. The van der Waals surface area contributed by atoms with Crippen LogP contribution in [0.4, 0.5) is 11.4 Å². The fraction of sp³-hybridized carbons (Fsp3) is 0.125. The fourth-order valence-corrected chi connectivity index (χ4v) is 0.981. The van der Waals surface area contributed by atoms with Crippen molar-refractivity contribution in [1.82, 2.24) is 0 Å². The van der Waals surface area contributed by atoms with Gasteiger partial charge in [0.2, 0.25) is 0 Å². The Labute approximate surface area is 88.7 Å². The molecule has 0 aliphatic carbocycles. The topological polar surface area (TPSA) is 113 Å². The molecule has 0 aromatic heterocycles. The average molecular weight is 225 g/mol. The minimum atomic E-state index is -0.887. The highest BCUT2D eigenvalue weighted by molar-refractivity contribution is 5.74. The summed E-state index contributed by atoms with van der Waals surface area (Å²) in [6.07, 6.45) is 0. The van der Waals surface area contributed by atoms with Crippen LogP contribution in [-0.4, -0.2) is 15.8 Å².